The van der Waals surface area contributed by atoms with Gasteiger partial charge in [0.2, 0.25) is 0 Å². The molecule has 1 heterocycles. The lowest BCUT2D eigenvalue weighted by molar-refractivity contribution is 0.0696. The molecule has 0 spiro atoms. The van der Waals surface area contributed by atoms with Gasteiger partial charge >= 0.3 is 0 Å². The van der Waals surface area contributed by atoms with Crippen molar-refractivity contribution in [1.82, 2.24) is 4.90 Å². The van der Waals surface area contributed by atoms with Crippen LogP contribution in [0.15, 0.2) is 28.7 Å². The lowest BCUT2D eigenvalue weighted by atomic mass is 9.87. The molecule has 0 aliphatic carbocycles. The van der Waals surface area contributed by atoms with Crippen LogP contribution in [0.2, 0.25) is 0 Å². The van der Waals surface area contributed by atoms with E-state index in [2.05, 4.69) is 27.9 Å². The van der Waals surface area contributed by atoms with Crippen LogP contribution in [0.5, 0.6) is 0 Å². The highest BCUT2D eigenvalue weighted by atomic mass is 79.9. The minimum absolute atomic E-state index is 0.530. The zero-order valence-electron chi connectivity index (χ0n) is 9.55. The van der Waals surface area contributed by atoms with Gasteiger partial charge in [-0.2, -0.15) is 0 Å². The number of rotatable bonds is 2. The van der Waals surface area contributed by atoms with Gasteiger partial charge in [0.25, 0.3) is 0 Å². The monoisotopic (exact) mass is 285 g/mol. The molecule has 2 rings (SSSR count). The van der Waals surface area contributed by atoms with E-state index < -0.39 is 5.67 Å². The van der Waals surface area contributed by atoms with Crippen molar-refractivity contribution in [3.05, 3.63) is 34.3 Å². The maximum Gasteiger partial charge on any atom is 0.117 e. The molecule has 1 saturated heterocycles. The van der Waals surface area contributed by atoms with Crippen LogP contribution in [-0.2, 0) is 6.42 Å². The molecular weight excluding hydrogens is 269 g/mol. The zero-order valence-corrected chi connectivity index (χ0v) is 11.1. The van der Waals surface area contributed by atoms with Gasteiger partial charge < -0.3 is 4.90 Å². The van der Waals surface area contributed by atoms with E-state index in [0.717, 1.165) is 23.1 Å². The number of nitrogens with zero attached hydrogens (tertiary/aromatic N) is 1. The van der Waals surface area contributed by atoms with Crippen LogP contribution in [0.3, 0.4) is 0 Å². The number of benzene rings is 1. The molecule has 88 valence electrons. The van der Waals surface area contributed by atoms with Crippen molar-refractivity contribution in [2.75, 3.05) is 20.1 Å². The van der Waals surface area contributed by atoms with E-state index >= 15 is 0 Å². The van der Waals surface area contributed by atoms with Gasteiger partial charge in [-0.3, -0.25) is 0 Å². The molecule has 0 amide bonds. The van der Waals surface area contributed by atoms with E-state index in [9.17, 15) is 4.39 Å². The Morgan fingerprint density at radius 3 is 2.56 bits per heavy atom. The quantitative estimate of drug-likeness (QED) is 0.805. The van der Waals surface area contributed by atoms with E-state index in [0.29, 0.717) is 19.3 Å². The minimum Gasteiger partial charge on any atom is -0.306 e. The van der Waals surface area contributed by atoms with E-state index in [1.807, 2.05) is 24.3 Å². The first-order valence-electron chi connectivity index (χ1n) is 5.70. The maximum atomic E-state index is 14.6. The Balaban J connectivity index is 2.07. The van der Waals surface area contributed by atoms with Crippen LogP contribution in [0.1, 0.15) is 18.4 Å². The van der Waals surface area contributed by atoms with Gasteiger partial charge in [-0.15, -0.1) is 0 Å². The zero-order chi connectivity index (χ0) is 11.6. The molecule has 0 N–H and O–H groups in total. The van der Waals surface area contributed by atoms with E-state index in [4.69, 9.17) is 0 Å². The normalized spacial score (nSPS) is 20.9. The fourth-order valence-electron chi connectivity index (χ4n) is 2.18. The molecule has 0 saturated carbocycles. The number of alkyl halides is 1. The second-order valence-corrected chi connectivity index (χ2v) is 5.58. The number of piperidine rings is 1. The second-order valence-electron chi connectivity index (χ2n) is 4.72. The summed E-state index contributed by atoms with van der Waals surface area (Å²) in [6, 6.07) is 7.92. The maximum absolute atomic E-state index is 14.6. The Bertz CT molecular complexity index is 359. The van der Waals surface area contributed by atoms with Crippen molar-refractivity contribution in [3.63, 3.8) is 0 Å². The molecule has 1 aromatic carbocycles. The molecule has 0 radical (unpaired) electrons. The van der Waals surface area contributed by atoms with Crippen molar-refractivity contribution in [3.8, 4) is 0 Å². The predicted molar refractivity (Wildman–Crippen MR) is 68.4 cm³/mol. The highest BCUT2D eigenvalue weighted by Crippen LogP contribution is 2.32. The fraction of sp³-hybridized carbons (Fsp3) is 0.538. The third-order valence-corrected chi connectivity index (χ3v) is 4.12. The molecular formula is C13H17BrFN. The highest BCUT2D eigenvalue weighted by Gasteiger charge is 2.33. The summed E-state index contributed by atoms with van der Waals surface area (Å²) in [5, 5.41) is 0. The van der Waals surface area contributed by atoms with E-state index in [1.54, 1.807) is 0 Å². The van der Waals surface area contributed by atoms with Gasteiger partial charge in [-0.25, -0.2) is 4.39 Å². The van der Waals surface area contributed by atoms with Crippen LogP contribution in [-0.4, -0.2) is 30.7 Å². The van der Waals surface area contributed by atoms with Crippen LogP contribution in [0.4, 0.5) is 4.39 Å². The van der Waals surface area contributed by atoms with Crippen LogP contribution in [0.25, 0.3) is 0 Å². The molecule has 1 aliphatic rings. The van der Waals surface area contributed by atoms with Gasteiger partial charge in [0.15, 0.2) is 0 Å². The summed E-state index contributed by atoms with van der Waals surface area (Å²) in [5.74, 6) is 0. The highest BCUT2D eigenvalue weighted by molar-refractivity contribution is 9.10. The Hall–Kier alpha value is -0.410. The summed E-state index contributed by atoms with van der Waals surface area (Å²) < 4.78 is 15.6. The number of hydrogen-bond acceptors (Lipinski definition) is 1. The molecule has 0 bridgehead atoms. The van der Waals surface area contributed by atoms with Crippen molar-refractivity contribution in [2.24, 2.45) is 0 Å². The van der Waals surface area contributed by atoms with Gasteiger partial charge in [0, 0.05) is 24.0 Å². The summed E-state index contributed by atoms with van der Waals surface area (Å²) in [7, 11) is 2.05. The van der Waals surface area contributed by atoms with Gasteiger partial charge in [0.05, 0.1) is 0 Å². The molecule has 3 heteroatoms. The molecule has 1 nitrogen and oxygen atoms in total. The van der Waals surface area contributed by atoms with E-state index in [1.165, 1.54) is 0 Å². The summed E-state index contributed by atoms with van der Waals surface area (Å²) in [6.07, 6.45) is 1.82. The summed E-state index contributed by atoms with van der Waals surface area (Å²) in [6.45, 7) is 1.72. The van der Waals surface area contributed by atoms with Crippen molar-refractivity contribution in [2.45, 2.75) is 24.9 Å². The summed E-state index contributed by atoms with van der Waals surface area (Å²) in [4.78, 5) is 2.19. The molecule has 1 aromatic rings. The van der Waals surface area contributed by atoms with Gasteiger partial charge in [-0.05, 0) is 31.5 Å². The summed E-state index contributed by atoms with van der Waals surface area (Å²) >= 11 is 3.48. The van der Waals surface area contributed by atoms with Crippen molar-refractivity contribution >= 4 is 15.9 Å². The molecule has 0 unspecified atom stereocenters. The lowest BCUT2D eigenvalue weighted by Gasteiger charge is -2.34. The first kappa shape index (κ1) is 12.1. The molecule has 16 heavy (non-hydrogen) atoms. The average Bonchev–Trinajstić information content (AvgIpc) is 2.27. The SMILES string of the molecule is CN1CCC(F)(Cc2ccccc2Br)CC1. The van der Waals surface area contributed by atoms with Crippen LogP contribution >= 0.6 is 15.9 Å². The Labute approximate surface area is 105 Å². The van der Waals surface area contributed by atoms with Gasteiger partial charge in [0.1, 0.15) is 5.67 Å². The standard InChI is InChI=1S/C13H17BrFN/c1-16-8-6-13(15,7-9-16)10-11-4-2-3-5-12(11)14/h2-5H,6-10H2,1H3. The number of hydrogen-bond donors (Lipinski definition) is 0. The summed E-state index contributed by atoms with van der Waals surface area (Å²) in [5.41, 5.74) is 0.0608. The number of likely N-dealkylation sites (tertiary alicyclic amines) is 1. The fourth-order valence-corrected chi connectivity index (χ4v) is 2.60. The first-order chi connectivity index (χ1) is 7.59. The molecule has 0 aromatic heterocycles. The smallest absolute Gasteiger partial charge is 0.117 e. The Kier molecular flexibility index (Phi) is 3.65. The molecule has 1 fully saturated rings. The second kappa shape index (κ2) is 4.84. The molecule has 1 aliphatic heterocycles. The van der Waals surface area contributed by atoms with Crippen molar-refractivity contribution in [1.29, 1.82) is 0 Å². The Morgan fingerprint density at radius 2 is 1.94 bits per heavy atom. The Morgan fingerprint density at radius 1 is 1.31 bits per heavy atom. The topological polar surface area (TPSA) is 3.24 Å². The predicted octanol–water partition coefficient (Wildman–Crippen LogP) is 3.43. The van der Waals surface area contributed by atoms with E-state index in [-0.39, 0.29) is 0 Å². The molecule has 0 atom stereocenters. The average molecular weight is 286 g/mol. The van der Waals surface area contributed by atoms with Crippen LogP contribution < -0.4 is 0 Å². The van der Waals surface area contributed by atoms with Crippen molar-refractivity contribution < 1.29 is 4.39 Å². The third kappa shape index (κ3) is 2.83. The lowest BCUT2D eigenvalue weighted by Crippen LogP contribution is -2.41. The van der Waals surface area contributed by atoms with Gasteiger partial charge in [-0.1, -0.05) is 34.1 Å². The largest absolute Gasteiger partial charge is 0.306 e. The third-order valence-electron chi connectivity index (χ3n) is 3.35. The minimum atomic E-state index is -1.02. The number of halogens is 2. The van der Waals surface area contributed by atoms with Crippen LogP contribution in [0, 0.1) is 0 Å². The first-order valence-corrected chi connectivity index (χ1v) is 6.49.